The van der Waals surface area contributed by atoms with Crippen LogP contribution in [-0.4, -0.2) is 72.9 Å². The number of nitrogens with one attached hydrogen (secondary N) is 2. The van der Waals surface area contributed by atoms with Crippen molar-refractivity contribution in [1.29, 1.82) is 0 Å². The second-order valence-electron chi connectivity index (χ2n) is 12.8. The van der Waals surface area contributed by atoms with Gasteiger partial charge in [-0.3, -0.25) is 4.79 Å². The van der Waals surface area contributed by atoms with E-state index in [1.807, 2.05) is 37.1 Å². The highest BCUT2D eigenvalue weighted by molar-refractivity contribution is 5.89. The smallest absolute Gasteiger partial charge is 0.336 e. The number of esters is 1. The number of fused-ring (bicyclic) bond motifs is 2. The molecule has 2 aromatic rings. The van der Waals surface area contributed by atoms with Gasteiger partial charge in [-0.25, -0.2) is 9.59 Å². The van der Waals surface area contributed by atoms with E-state index in [1.54, 1.807) is 25.1 Å². The molecule has 1 aromatic carbocycles. The quantitative estimate of drug-likeness (QED) is 0.141. The lowest BCUT2D eigenvalue weighted by atomic mass is 9.63. The Labute approximate surface area is 267 Å². The molecule has 1 spiro atoms. The number of nitrogens with two attached hydrogens (primary N) is 1. The molecule has 244 valence electrons. The lowest BCUT2D eigenvalue weighted by Gasteiger charge is -2.51. The Balaban J connectivity index is 1.43. The van der Waals surface area contributed by atoms with Crippen molar-refractivity contribution in [3.05, 3.63) is 87.1 Å². The van der Waals surface area contributed by atoms with Crippen molar-refractivity contribution in [3.8, 4) is 5.75 Å². The van der Waals surface area contributed by atoms with Gasteiger partial charge in [0.25, 0.3) is 0 Å². The molecule has 3 atom stereocenters. The van der Waals surface area contributed by atoms with Crippen molar-refractivity contribution in [2.45, 2.75) is 50.7 Å². The number of carbonyl (C=O) groups is 2. The lowest BCUT2D eigenvalue weighted by Crippen LogP contribution is -2.63. The number of rotatable bonds is 9. The van der Waals surface area contributed by atoms with Crippen LogP contribution >= 0.6 is 0 Å². The van der Waals surface area contributed by atoms with E-state index in [4.69, 9.17) is 19.6 Å². The van der Waals surface area contributed by atoms with E-state index in [2.05, 4.69) is 16.7 Å². The summed E-state index contributed by atoms with van der Waals surface area (Å²) in [5.74, 6) is 0.524. The molecule has 1 fully saturated rings. The number of likely N-dealkylation sites (tertiary alicyclic amines) is 1. The number of amides is 1. The van der Waals surface area contributed by atoms with E-state index in [-0.39, 0.29) is 25.4 Å². The Hall–Kier alpha value is -4.35. The molecule has 1 aromatic heterocycles. The molecule has 6 rings (SSSR count). The third kappa shape index (κ3) is 5.62. The Kier molecular flexibility index (Phi) is 8.56. The van der Waals surface area contributed by atoms with Crippen LogP contribution in [0.3, 0.4) is 0 Å². The third-order valence-electron chi connectivity index (χ3n) is 9.82. The molecule has 3 unspecified atom stereocenters. The number of aliphatic hydroxyl groups excluding tert-OH is 1. The van der Waals surface area contributed by atoms with Gasteiger partial charge in [0.1, 0.15) is 11.3 Å². The summed E-state index contributed by atoms with van der Waals surface area (Å²) >= 11 is 0. The minimum Gasteiger partial charge on any atom is -0.481 e. The molecular formula is C35H42N4O7. The zero-order valence-corrected chi connectivity index (χ0v) is 26.6. The average Bonchev–Trinajstić information content (AvgIpc) is 3.38. The standard InChI is InChI=1S/C35H42N4O7/c1-4-22(9-11-40)33(43)46-34(2)10-5-6-27(35(34)16-24-12-23-7-8-32(42)44-28(23)15-29(24)45-35)26-14-30(36)38-18-25(26)13-31(41)39-19-21(20-39)17-37-3/h4-8,12,14-15,21,27,37-38,40H,9-11,13,16-20,36H2,1-3H3. The number of carbonyl (C=O) groups excluding carboxylic acids is 2. The van der Waals surface area contributed by atoms with Crippen molar-refractivity contribution < 1.29 is 28.6 Å². The van der Waals surface area contributed by atoms with E-state index >= 15 is 0 Å². The molecule has 1 amide bonds. The maximum absolute atomic E-state index is 13.6. The first-order valence-corrected chi connectivity index (χ1v) is 15.9. The summed E-state index contributed by atoms with van der Waals surface area (Å²) in [5, 5.41) is 16.7. The zero-order valence-electron chi connectivity index (χ0n) is 26.6. The minimum absolute atomic E-state index is 0.0530. The average molecular weight is 631 g/mol. The molecule has 11 nitrogen and oxygen atoms in total. The van der Waals surface area contributed by atoms with Crippen molar-refractivity contribution in [2.24, 2.45) is 17.6 Å². The first kappa shape index (κ1) is 31.6. The van der Waals surface area contributed by atoms with E-state index in [0.29, 0.717) is 48.0 Å². The highest BCUT2D eigenvalue weighted by Gasteiger charge is 2.62. The van der Waals surface area contributed by atoms with Gasteiger partial charge < -0.3 is 40.3 Å². The number of ether oxygens (including phenoxy) is 2. The maximum atomic E-state index is 13.6. The topological polar surface area (TPSA) is 156 Å². The predicted octanol–water partition coefficient (Wildman–Crippen LogP) is 2.44. The molecule has 4 heterocycles. The number of hydrogen-bond acceptors (Lipinski definition) is 10. The van der Waals surface area contributed by atoms with Gasteiger partial charge in [0.05, 0.1) is 12.2 Å². The first-order chi connectivity index (χ1) is 22.1. The summed E-state index contributed by atoms with van der Waals surface area (Å²) in [6.45, 7) is 6.14. The van der Waals surface area contributed by atoms with Crippen molar-refractivity contribution in [1.82, 2.24) is 15.5 Å². The lowest BCUT2D eigenvalue weighted by molar-refractivity contribution is -0.185. The van der Waals surface area contributed by atoms with Crippen LogP contribution in [0.25, 0.3) is 11.0 Å². The largest absolute Gasteiger partial charge is 0.481 e. The molecule has 11 heteroatoms. The molecule has 3 aliphatic heterocycles. The number of benzene rings is 1. The molecule has 0 bridgehead atoms. The number of dihydropyridines is 1. The van der Waals surface area contributed by atoms with E-state index < -0.39 is 28.7 Å². The van der Waals surface area contributed by atoms with Gasteiger partial charge in [0.15, 0.2) is 11.2 Å². The number of allylic oxidation sites excluding steroid dienone is 2. The van der Waals surface area contributed by atoms with E-state index in [1.165, 1.54) is 6.07 Å². The highest BCUT2D eigenvalue weighted by Crippen LogP contribution is 2.54. The van der Waals surface area contributed by atoms with Gasteiger partial charge in [-0.2, -0.15) is 0 Å². The fraction of sp³-hybridized carbons (Fsp3) is 0.457. The van der Waals surface area contributed by atoms with Crippen LogP contribution in [0.15, 0.2) is 80.3 Å². The predicted molar refractivity (Wildman–Crippen MR) is 173 cm³/mol. The number of hydrogen-bond donors (Lipinski definition) is 4. The molecular weight excluding hydrogens is 588 g/mol. The fourth-order valence-electron chi connectivity index (χ4n) is 7.28. The molecule has 5 N–H and O–H groups in total. The SMILES string of the molecule is CC=C(CCO)C(=O)OC1(C)CC=CC(C2=C(CC(=O)N3CC(CNC)C3)CNC(N)=C2)C12Cc1cc3ccc(=O)oc3cc1O2. The third-order valence-corrected chi connectivity index (χ3v) is 9.82. The summed E-state index contributed by atoms with van der Waals surface area (Å²) in [6.07, 6.45) is 8.70. The summed E-state index contributed by atoms with van der Waals surface area (Å²) < 4.78 is 18.8. The second kappa shape index (κ2) is 12.4. The van der Waals surface area contributed by atoms with Crippen LogP contribution in [0.4, 0.5) is 0 Å². The number of nitrogens with zero attached hydrogens (tertiary/aromatic N) is 1. The van der Waals surface area contributed by atoms with Crippen LogP contribution in [-0.2, 0) is 20.7 Å². The van der Waals surface area contributed by atoms with Crippen molar-refractivity contribution in [3.63, 3.8) is 0 Å². The van der Waals surface area contributed by atoms with Crippen LogP contribution in [0.2, 0.25) is 0 Å². The van der Waals surface area contributed by atoms with Crippen molar-refractivity contribution >= 4 is 22.8 Å². The van der Waals surface area contributed by atoms with Crippen LogP contribution in [0.5, 0.6) is 5.75 Å². The van der Waals surface area contributed by atoms with E-state index in [0.717, 1.165) is 41.7 Å². The Bertz CT molecular complexity index is 1730. The molecule has 0 saturated carbocycles. The molecule has 46 heavy (non-hydrogen) atoms. The van der Waals surface area contributed by atoms with Gasteiger partial charge in [-0.1, -0.05) is 18.2 Å². The first-order valence-electron chi connectivity index (χ1n) is 15.9. The van der Waals surface area contributed by atoms with Crippen molar-refractivity contribution in [2.75, 3.05) is 39.8 Å². The Morgan fingerprint density at radius 3 is 2.83 bits per heavy atom. The van der Waals surface area contributed by atoms with Gasteiger partial charge in [0, 0.05) is 87.0 Å². The Morgan fingerprint density at radius 1 is 1.28 bits per heavy atom. The van der Waals surface area contributed by atoms with Gasteiger partial charge in [0.2, 0.25) is 5.91 Å². The van der Waals surface area contributed by atoms with Gasteiger partial charge >= 0.3 is 11.6 Å². The second-order valence-corrected chi connectivity index (χ2v) is 12.8. The van der Waals surface area contributed by atoms with Crippen LogP contribution in [0.1, 0.15) is 38.7 Å². The Morgan fingerprint density at radius 2 is 2.09 bits per heavy atom. The molecule has 1 saturated heterocycles. The monoisotopic (exact) mass is 630 g/mol. The summed E-state index contributed by atoms with van der Waals surface area (Å²) in [7, 11) is 1.92. The summed E-state index contributed by atoms with van der Waals surface area (Å²) in [6, 6.07) is 6.77. The van der Waals surface area contributed by atoms with Crippen LogP contribution in [0, 0.1) is 11.8 Å². The highest BCUT2D eigenvalue weighted by atomic mass is 16.6. The molecule has 0 radical (unpaired) electrons. The zero-order chi connectivity index (χ0) is 32.6. The normalized spacial score (nSPS) is 26.0. The maximum Gasteiger partial charge on any atom is 0.336 e. The van der Waals surface area contributed by atoms with Crippen LogP contribution < -0.4 is 26.7 Å². The van der Waals surface area contributed by atoms with E-state index in [9.17, 15) is 19.5 Å². The van der Waals surface area contributed by atoms with Gasteiger partial charge in [-0.05, 0) is 55.8 Å². The molecule has 4 aliphatic rings. The van der Waals surface area contributed by atoms with Gasteiger partial charge in [-0.15, -0.1) is 0 Å². The number of aliphatic hydroxyl groups is 1. The summed E-state index contributed by atoms with van der Waals surface area (Å²) in [4.78, 5) is 40.9. The minimum atomic E-state index is -1.17. The summed E-state index contributed by atoms with van der Waals surface area (Å²) in [5.41, 5.74) is 6.97. The fourth-order valence-corrected chi connectivity index (χ4v) is 7.28. The molecule has 1 aliphatic carbocycles.